The highest BCUT2D eigenvalue weighted by molar-refractivity contribution is 5.27. The summed E-state index contributed by atoms with van der Waals surface area (Å²) in [6, 6.07) is 2.54. The van der Waals surface area contributed by atoms with E-state index in [0.717, 1.165) is 0 Å². The second kappa shape index (κ2) is 4.51. The summed E-state index contributed by atoms with van der Waals surface area (Å²) in [7, 11) is 0. The van der Waals surface area contributed by atoms with Gasteiger partial charge in [-0.15, -0.1) is 0 Å². The maximum atomic E-state index is 13.5. The Kier molecular flexibility index (Phi) is 3.58. The van der Waals surface area contributed by atoms with Crippen molar-refractivity contribution in [2.45, 2.75) is 32.7 Å². The molecule has 0 aliphatic heterocycles. The standard InChI is InChI=1S/C11H15F2N/c1-3-8(14)6-9-10(12)5-4-7(2)11(9)13/h4-5,8H,3,6,14H2,1-2H3. The number of rotatable bonds is 3. The summed E-state index contributed by atoms with van der Waals surface area (Å²) in [6.45, 7) is 3.52. The molecule has 0 aliphatic carbocycles. The quantitative estimate of drug-likeness (QED) is 0.795. The third-order valence-corrected chi connectivity index (χ3v) is 2.37. The van der Waals surface area contributed by atoms with Gasteiger partial charge in [-0.05, 0) is 31.4 Å². The number of halogens is 2. The zero-order valence-electron chi connectivity index (χ0n) is 8.48. The van der Waals surface area contributed by atoms with E-state index in [-0.39, 0.29) is 18.0 Å². The first-order chi connectivity index (χ1) is 6.56. The van der Waals surface area contributed by atoms with E-state index in [4.69, 9.17) is 5.73 Å². The normalized spacial score (nSPS) is 12.9. The van der Waals surface area contributed by atoms with Gasteiger partial charge in [0.2, 0.25) is 0 Å². The fourth-order valence-electron chi connectivity index (χ4n) is 1.31. The van der Waals surface area contributed by atoms with E-state index in [1.807, 2.05) is 6.92 Å². The molecule has 0 bridgehead atoms. The van der Waals surface area contributed by atoms with Gasteiger partial charge in [-0.1, -0.05) is 13.0 Å². The smallest absolute Gasteiger partial charge is 0.132 e. The van der Waals surface area contributed by atoms with Crippen molar-refractivity contribution in [1.82, 2.24) is 0 Å². The van der Waals surface area contributed by atoms with Crippen LogP contribution in [0.15, 0.2) is 12.1 Å². The Balaban J connectivity index is 3.00. The monoisotopic (exact) mass is 199 g/mol. The van der Waals surface area contributed by atoms with Gasteiger partial charge >= 0.3 is 0 Å². The molecule has 0 saturated heterocycles. The van der Waals surface area contributed by atoms with E-state index < -0.39 is 11.6 Å². The lowest BCUT2D eigenvalue weighted by Crippen LogP contribution is -2.22. The Morgan fingerprint density at radius 2 is 2.00 bits per heavy atom. The molecule has 3 heteroatoms. The Morgan fingerprint density at radius 1 is 1.36 bits per heavy atom. The molecule has 0 aliphatic rings. The van der Waals surface area contributed by atoms with Crippen molar-refractivity contribution < 1.29 is 8.78 Å². The molecular weight excluding hydrogens is 184 g/mol. The molecular formula is C11H15F2N. The molecule has 78 valence electrons. The molecule has 0 spiro atoms. The highest BCUT2D eigenvalue weighted by Crippen LogP contribution is 2.18. The minimum Gasteiger partial charge on any atom is -0.327 e. The third kappa shape index (κ3) is 2.29. The molecule has 0 heterocycles. The van der Waals surface area contributed by atoms with Gasteiger partial charge in [-0.25, -0.2) is 8.78 Å². The van der Waals surface area contributed by atoms with Crippen molar-refractivity contribution in [2.75, 3.05) is 0 Å². The van der Waals surface area contributed by atoms with Gasteiger partial charge in [0.25, 0.3) is 0 Å². The van der Waals surface area contributed by atoms with Crippen LogP contribution in [0.25, 0.3) is 0 Å². The SMILES string of the molecule is CCC(N)Cc1c(F)ccc(C)c1F. The number of aryl methyl sites for hydroxylation is 1. The average molecular weight is 199 g/mol. The lowest BCUT2D eigenvalue weighted by molar-refractivity contribution is 0.526. The maximum absolute atomic E-state index is 13.5. The van der Waals surface area contributed by atoms with E-state index in [1.165, 1.54) is 12.1 Å². The summed E-state index contributed by atoms with van der Waals surface area (Å²) >= 11 is 0. The van der Waals surface area contributed by atoms with Crippen LogP contribution in [0, 0.1) is 18.6 Å². The van der Waals surface area contributed by atoms with Gasteiger partial charge in [0, 0.05) is 11.6 Å². The van der Waals surface area contributed by atoms with Crippen LogP contribution in [0.1, 0.15) is 24.5 Å². The van der Waals surface area contributed by atoms with Crippen LogP contribution in [-0.4, -0.2) is 6.04 Å². The van der Waals surface area contributed by atoms with Crippen LogP contribution >= 0.6 is 0 Å². The lowest BCUT2D eigenvalue weighted by atomic mass is 10.0. The van der Waals surface area contributed by atoms with Crippen molar-refractivity contribution in [3.63, 3.8) is 0 Å². The topological polar surface area (TPSA) is 26.0 Å². The van der Waals surface area contributed by atoms with Gasteiger partial charge in [0.1, 0.15) is 11.6 Å². The van der Waals surface area contributed by atoms with Crippen molar-refractivity contribution in [2.24, 2.45) is 5.73 Å². The summed E-state index contributed by atoms with van der Waals surface area (Å²) < 4.78 is 26.7. The fraction of sp³-hybridized carbons (Fsp3) is 0.455. The molecule has 0 aromatic heterocycles. The second-order valence-electron chi connectivity index (χ2n) is 3.53. The van der Waals surface area contributed by atoms with Crippen molar-refractivity contribution in [1.29, 1.82) is 0 Å². The summed E-state index contributed by atoms with van der Waals surface area (Å²) in [4.78, 5) is 0. The van der Waals surface area contributed by atoms with E-state index in [2.05, 4.69) is 0 Å². The molecule has 14 heavy (non-hydrogen) atoms. The molecule has 1 atom stereocenters. The summed E-state index contributed by atoms with van der Waals surface area (Å²) in [5.41, 5.74) is 6.23. The van der Waals surface area contributed by atoms with Gasteiger partial charge < -0.3 is 5.73 Å². The Bertz CT molecular complexity index is 323. The van der Waals surface area contributed by atoms with E-state index >= 15 is 0 Å². The Hall–Kier alpha value is -0.960. The zero-order chi connectivity index (χ0) is 10.7. The summed E-state index contributed by atoms with van der Waals surface area (Å²) in [5, 5.41) is 0. The van der Waals surface area contributed by atoms with Crippen LogP contribution in [-0.2, 0) is 6.42 Å². The minimum absolute atomic E-state index is 0.111. The molecule has 1 unspecified atom stereocenters. The molecule has 1 rings (SSSR count). The van der Waals surface area contributed by atoms with Crippen LogP contribution in [0.4, 0.5) is 8.78 Å². The second-order valence-corrected chi connectivity index (χ2v) is 3.53. The predicted octanol–water partition coefficient (Wildman–Crippen LogP) is 2.55. The molecule has 0 amide bonds. The molecule has 1 aromatic carbocycles. The molecule has 1 nitrogen and oxygen atoms in total. The third-order valence-electron chi connectivity index (χ3n) is 2.37. The lowest BCUT2D eigenvalue weighted by Gasteiger charge is -2.11. The summed E-state index contributed by atoms with van der Waals surface area (Å²) in [5.74, 6) is -0.967. The number of hydrogen-bond acceptors (Lipinski definition) is 1. The minimum atomic E-state index is -0.503. The van der Waals surface area contributed by atoms with Crippen LogP contribution in [0.2, 0.25) is 0 Å². The summed E-state index contributed by atoms with van der Waals surface area (Å²) in [6.07, 6.45) is 0.975. The first-order valence-corrected chi connectivity index (χ1v) is 4.75. The van der Waals surface area contributed by atoms with Crippen molar-refractivity contribution >= 4 is 0 Å². The first-order valence-electron chi connectivity index (χ1n) is 4.75. The predicted molar refractivity (Wildman–Crippen MR) is 53.1 cm³/mol. The number of benzene rings is 1. The highest BCUT2D eigenvalue weighted by Gasteiger charge is 2.13. The number of nitrogens with two attached hydrogens (primary N) is 1. The van der Waals surface area contributed by atoms with Gasteiger partial charge in [-0.3, -0.25) is 0 Å². The molecule has 0 fully saturated rings. The van der Waals surface area contributed by atoms with Crippen LogP contribution in [0.5, 0.6) is 0 Å². The number of hydrogen-bond donors (Lipinski definition) is 1. The highest BCUT2D eigenvalue weighted by atomic mass is 19.1. The molecule has 2 N–H and O–H groups in total. The zero-order valence-corrected chi connectivity index (χ0v) is 8.48. The Morgan fingerprint density at radius 3 is 2.57 bits per heavy atom. The molecule has 0 radical (unpaired) electrons. The van der Waals surface area contributed by atoms with E-state index in [0.29, 0.717) is 12.0 Å². The van der Waals surface area contributed by atoms with Crippen molar-refractivity contribution in [3.05, 3.63) is 34.9 Å². The van der Waals surface area contributed by atoms with Gasteiger partial charge in [-0.2, -0.15) is 0 Å². The maximum Gasteiger partial charge on any atom is 0.132 e. The van der Waals surface area contributed by atoms with E-state index in [1.54, 1.807) is 6.92 Å². The van der Waals surface area contributed by atoms with Crippen molar-refractivity contribution in [3.8, 4) is 0 Å². The van der Waals surface area contributed by atoms with Crippen LogP contribution < -0.4 is 5.73 Å². The average Bonchev–Trinajstić information content (AvgIpc) is 2.18. The largest absolute Gasteiger partial charge is 0.327 e. The fourth-order valence-corrected chi connectivity index (χ4v) is 1.31. The van der Waals surface area contributed by atoms with E-state index in [9.17, 15) is 8.78 Å². The molecule has 1 aromatic rings. The van der Waals surface area contributed by atoms with Gasteiger partial charge in [0.05, 0.1) is 0 Å². The Labute approximate surface area is 82.9 Å². The molecule has 0 saturated carbocycles. The van der Waals surface area contributed by atoms with Gasteiger partial charge in [0.15, 0.2) is 0 Å². The van der Waals surface area contributed by atoms with Crippen LogP contribution in [0.3, 0.4) is 0 Å². The first kappa shape index (κ1) is 11.1.